The molecule has 31 heavy (non-hydrogen) atoms. The van der Waals surface area contributed by atoms with Gasteiger partial charge in [-0.1, -0.05) is 54.6 Å². The van der Waals surface area contributed by atoms with Gasteiger partial charge in [-0.25, -0.2) is 0 Å². The van der Waals surface area contributed by atoms with Crippen molar-refractivity contribution in [2.75, 3.05) is 5.32 Å². The minimum absolute atomic E-state index is 0.200. The monoisotopic (exact) mass is 443 g/mol. The summed E-state index contributed by atoms with van der Waals surface area (Å²) in [5.41, 5.74) is 3.82. The lowest BCUT2D eigenvalue weighted by Gasteiger charge is -2.29. The van der Waals surface area contributed by atoms with E-state index in [1.54, 1.807) is 23.1 Å². The Morgan fingerprint density at radius 3 is 2.45 bits per heavy atom. The van der Waals surface area contributed by atoms with Gasteiger partial charge in [-0.2, -0.15) is 5.26 Å². The van der Waals surface area contributed by atoms with Crippen LogP contribution in [0.15, 0.2) is 100 Å². The molecule has 0 fully saturated rings. The molecule has 1 atom stereocenters. The van der Waals surface area contributed by atoms with Gasteiger partial charge in [-0.05, 0) is 36.1 Å². The number of thiophene rings is 1. The van der Waals surface area contributed by atoms with Crippen LogP contribution in [0.2, 0.25) is 0 Å². The van der Waals surface area contributed by atoms with E-state index in [4.69, 9.17) is 0 Å². The summed E-state index contributed by atoms with van der Waals surface area (Å²) < 4.78 is 0. The van der Waals surface area contributed by atoms with Gasteiger partial charge in [-0.3, -0.25) is 4.79 Å². The molecule has 2 heterocycles. The van der Waals surface area contributed by atoms with E-state index in [9.17, 15) is 10.1 Å². The summed E-state index contributed by atoms with van der Waals surface area (Å²) in [5, 5.41) is 19.2. The van der Waals surface area contributed by atoms with Crippen LogP contribution < -0.4 is 10.6 Å². The number of allylic oxidation sites excluding steroid dienone is 2. The van der Waals surface area contributed by atoms with Crippen LogP contribution >= 0.6 is 23.1 Å². The van der Waals surface area contributed by atoms with Crippen LogP contribution in [-0.4, -0.2) is 5.91 Å². The maximum Gasteiger partial charge on any atom is 0.254 e. The van der Waals surface area contributed by atoms with Gasteiger partial charge in [0, 0.05) is 27.6 Å². The normalized spacial score (nSPS) is 15.9. The third-order valence-corrected chi connectivity index (χ3v) is 7.00. The predicted octanol–water partition coefficient (Wildman–Crippen LogP) is 6.02. The number of carbonyl (C=O) groups excluding carboxylic acids is 1. The van der Waals surface area contributed by atoms with Gasteiger partial charge in [0.15, 0.2) is 0 Å². The number of thioether (sulfide) groups is 1. The van der Waals surface area contributed by atoms with E-state index >= 15 is 0 Å². The molecule has 0 bridgehead atoms. The molecular formula is C25H21N3OS2. The van der Waals surface area contributed by atoms with Crippen molar-refractivity contribution in [2.45, 2.75) is 18.6 Å². The Morgan fingerprint density at radius 2 is 1.81 bits per heavy atom. The number of hydrogen-bond donors (Lipinski definition) is 2. The average Bonchev–Trinajstić information content (AvgIpc) is 3.33. The molecule has 2 aromatic carbocycles. The number of hydrogen-bond acceptors (Lipinski definition) is 5. The summed E-state index contributed by atoms with van der Waals surface area (Å²) in [6, 6.07) is 25.9. The van der Waals surface area contributed by atoms with Gasteiger partial charge in [-0.15, -0.1) is 23.1 Å². The molecule has 0 saturated heterocycles. The van der Waals surface area contributed by atoms with Crippen LogP contribution in [0.5, 0.6) is 0 Å². The zero-order valence-electron chi connectivity index (χ0n) is 17.0. The van der Waals surface area contributed by atoms with E-state index in [1.165, 1.54) is 5.56 Å². The van der Waals surface area contributed by atoms with E-state index in [0.717, 1.165) is 27.0 Å². The molecule has 3 aromatic rings. The Hall–Kier alpha value is -3.27. The fourth-order valence-electron chi connectivity index (χ4n) is 3.52. The highest BCUT2D eigenvalue weighted by atomic mass is 32.2. The molecule has 1 aliphatic heterocycles. The first-order valence-corrected chi connectivity index (χ1v) is 11.7. The molecule has 0 aliphatic carbocycles. The van der Waals surface area contributed by atoms with E-state index in [-0.39, 0.29) is 5.91 Å². The lowest BCUT2D eigenvalue weighted by atomic mass is 9.86. The summed E-state index contributed by atoms with van der Waals surface area (Å²) in [6.45, 7) is 1.90. The minimum atomic E-state index is -0.395. The molecule has 1 aliphatic rings. The Balaban J connectivity index is 1.68. The van der Waals surface area contributed by atoms with Crippen LogP contribution in [0.1, 0.15) is 23.3 Å². The summed E-state index contributed by atoms with van der Waals surface area (Å²) in [4.78, 5) is 14.3. The second kappa shape index (κ2) is 9.69. The van der Waals surface area contributed by atoms with Crippen molar-refractivity contribution in [3.8, 4) is 6.07 Å². The molecule has 4 nitrogen and oxygen atoms in total. The average molecular weight is 444 g/mol. The van der Waals surface area contributed by atoms with Crippen molar-refractivity contribution in [2.24, 2.45) is 0 Å². The lowest BCUT2D eigenvalue weighted by molar-refractivity contribution is -0.113. The van der Waals surface area contributed by atoms with Crippen LogP contribution in [0.25, 0.3) is 0 Å². The Bertz CT molecular complexity index is 1160. The van der Waals surface area contributed by atoms with Gasteiger partial charge in [0.25, 0.3) is 5.91 Å². The van der Waals surface area contributed by atoms with Crippen LogP contribution in [0, 0.1) is 11.3 Å². The Kier molecular flexibility index (Phi) is 6.56. The second-order valence-electron chi connectivity index (χ2n) is 7.06. The number of nitriles is 1. The smallest absolute Gasteiger partial charge is 0.254 e. The van der Waals surface area contributed by atoms with Gasteiger partial charge in [0.1, 0.15) is 0 Å². The Labute approximate surface area is 190 Å². The molecule has 4 rings (SSSR count). The standard InChI is InChI=1S/C25H21N3OS2/c1-17-22(24(29)28-19-11-6-3-7-12-19)23(21-13-8-14-30-21)20(15-26)25(27-17)31-16-18-9-4-2-5-10-18/h2-14,23,27H,16H2,1H3,(H,28,29)/t23-/m1/s1. The lowest BCUT2D eigenvalue weighted by Crippen LogP contribution is -2.30. The minimum Gasteiger partial charge on any atom is -0.353 e. The number of nitrogens with zero attached hydrogens (tertiary/aromatic N) is 1. The number of carbonyl (C=O) groups is 1. The molecule has 2 N–H and O–H groups in total. The molecule has 1 aromatic heterocycles. The van der Waals surface area contributed by atoms with Crippen molar-refractivity contribution in [3.05, 3.63) is 110 Å². The maximum absolute atomic E-state index is 13.3. The molecular weight excluding hydrogens is 422 g/mol. The summed E-state index contributed by atoms with van der Waals surface area (Å²) in [7, 11) is 0. The Morgan fingerprint density at radius 1 is 1.10 bits per heavy atom. The van der Waals surface area contributed by atoms with Gasteiger partial charge in [0.2, 0.25) is 0 Å². The first-order chi connectivity index (χ1) is 15.2. The largest absolute Gasteiger partial charge is 0.353 e. The van der Waals surface area contributed by atoms with Crippen molar-refractivity contribution < 1.29 is 4.79 Å². The predicted molar refractivity (Wildman–Crippen MR) is 128 cm³/mol. The van der Waals surface area contributed by atoms with Gasteiger partial charge < -0.3 is 10.6 Å². The van der Waals surface area contributed by atoms with E-state index in [1.807, 2.05) is 73.0 Å². The van der Waals surface area contributed by atoms with Crippen molar-refractivity contribution >= 4 is 34.7 Å². The number of nitrogens with one attached hydrogen (secondary N) is 2. The first kappa shape index (κ1) is 21.0. The fraction of sp³-hybridized carbons (Fsp3) is 0.120. The van der Waals surface area contributed by atoms with E-state index < -0.39 is 5.92 Å². The molecule has 154 valence electrons. The van der Waals surface area contributed by atoms with Crippen molar-refractivity contribution in [1.29, 1.82) is 5.26 Å². The van der Waals surface area contributed by atoms with Gasteiger partial charge >= 0.3 is 0 Å². The second-order valence-corrected chi connectivity index (χ2v) is 9.03. The van der Waals surface area contributed by atoms with Crippen LogP contribution in [-0.2, 0) is 10.5 Å². The maximum atomic E-state index is 13.3. The van der Waals surface area contributed by atoms with Crippen molar-refractivity contribution in [3.63, 3.8) is 0 Å². The van der Waals surface area contributed by atoms with E-state index in [0.29, 0.717) is 11.1 Å². The zero-order chi connectivity index (χ0) is 21.6. The summed E-state index contributed by atoms with van der Waals surface area (Å²) in [5.74, 6) is 0.146. The molecule has 0 spiro atoms. The number of anilines is 1. The molecule has 1 amide bonds. The highest BCUT2D eigenvalue weighted by Gasteiger charge is 2.35. The summed E-state index contributed by atoms with van der Waals surface area (Å²) >= 11 is 3.15. The quantitative estimate of drug-likeness (QED) is 0.489. The molecule has 6 heteroatoms. The number of rotatable bonds is 6. The van der Waals surface area contributed by atoms with Gasteiger partial charge in [0.05, 0.1) is 22.6 Å². The molecule has 0 radical (unpaired) electrons. The summed E-state index contributed by atoms with van der Waals surface area (Å²) in [6.07, 6.45) is 0. The third-order valence-electron chi connectivity index (χ3n) is 4.98. The topological polar surface area (TPSA) is 64.9 Å². The number of dihydropyridines is 1. The molecule has 0 saturated carbocycles. The SMILES string of the molecule is CC1=C(C(=O)Nc2ccccc2)[C@@H](c2cccs2)C(C#N)=C(SCc2ccccc2)N1. The first-order valence-electron chi connectivity index (χ1n) is 9.86. The van der Waals surface area contributed by atoms with Crippen molar-refractivity contribution in [1.82, 2.24) is 5.32 Å². The van der Waals surface area contributed by atoms with E-state index in [2.05, 4.69) is 28.8 Å². The fourth-order valence-corrected chi connectivity index (χ4v) is 5.41. The number of amides is 1. The van der Waals surface area contributed by atoms with Crippen LogP contribution in [0.3, 0.4) is 0 Å². The highest BCUT2D eigenvalue weighted by molar-refractivity contribution is 8.02. The molecule has 0 unspecified atom stereocenters. The highest BCUT2D eigenvalue weighted by Crippen LogP contribution is 2.43. The number of benzene rings is 2. The van der Waals surface area contributed by atoms with Crippen LogP contribution in [0.4, 0.5) is 5.69 Å². The number of para-hydroxylation sites is 1. The third kappa shape index (κ3) is 4.74. The zero-order valence-corrected chi connectivity index (χ0v) is 18.6.